The van der Waals surface area contributed by atoms with Gasteiger partial charge in [0.15, 0.2) is 0 Å². The number of carboxylic acid groups (broad SMARTS) is 2. The van der Waals surface area contributed by atoms with E-state index in [9.17, 15) is 29.1 Å². The Morgan fingerprint density at radius 2 is 1.38 bits per heavy atom. The molecule has 4 unspecified atom stereocenters. The van der Waals surface area contributed by atoms with Crippen molar-refractivity contribution in [1.29, 1.82) is 0 Å². The number of hydrogen-bond donors (Lipinski definition) is 8. The number of benzene rings is 2. The van der Waals surface area contributed by atoms with Crippen LogP contribution in [0.1, 0.15) is 17.5 Å². The van der Waals surface area contributed by atoms with Crippen LogP contribution in [0.3, 0.4) is 0 Å². The van der Waals surface area contributed by atoms with Gasteiger partial charge < -0.3 is 36.9 Å². The van der Waals surface area contributed by atoms with Crippen LogP contribution in [0.2, 0.25) is 0 Å². The SMILES string of the molecule is NC(CS)C(=O)NC(Cc1ccccc1)C(=O)NC(Cc1c[nH]c2ccccc12)C(=O)NC(CC(=O)O)C(=O)O. The first-order valence-electron chi connectivity index (χ1n) is 12.4. The second kappa shape index (κ2) is 14.1. The van der Waals surface area contributed by atoms with Crippen LogP contribution < -0.4 is 21.7 Å². The molecule has 0 bridgehead atoms. The van der Waals surface area contributed by atoms with E-state index in [2.05, 4.69) is 33.6 Å². The Morgan fingerprint density at radius 3 is 2.00 bits per heavy atom. The molecule has 8 N–H and O–H groups in total. The number of thiol groups is 1. The average molecular weight is 570 g/mol. The van der Waals surface area contributed by atoms with E-state index in [1.54, 1.807) is 42.6 Å². The van der Waals surface area contributed by atoms with Crippen LogP contribution in [0.25, 0.3) is 10.9 Å². The Morgan fingerprint density at radius 1 is 0.800 bits per heavy atom. The van der Waals surface area contributed by atoms with E-state index in [-0.39, 0.29) is 18.6 Å². The van der Waals surface area contributed by atoms with Gasteiger partial charge in [0.05, 0.1) is 12.5 Å². The van der Waals surface area contributed by atoms with Gasteiger partial charge in [0, 0.05) is 35.7 Å². The number of aromatic amines is 1. The van der Waals surface area contributed by atoms with Gasteiger partial charge in [0.2, 0.25) is 17.7 Å². The summed E-state index contributed by atoms with van der Waals surface area (Å²) in [4.78, 5) is 65.2. The van der Waals surface area contributed by atoms with Crippen LogP contribution in [0.5, 0.6) is 0 Å². The number of amides is 3. The summed E-state index contributed by atoms with van der Waals surface area (Å²) in [6.45, 7) is 0. The van der Waals surface area contributed by atoms with Crippen molar-refractivity contribution < 1.29 is 34.2 Å². The van der Waals surface area contributed by atoms with Gasteiger partial charge in [-0.15, -0.1) is 0 Å². The Labute approximate surface area is 235 Å². The largest absolute Gasteiger partial charge is 0.481 e. The molecule has 0 saturated heterocycles. The Bertz CT molecular complexity index is 1360. The van der Waals surface area contributed by atoms with E-state index in [0.29, 0.717) is 5.56 Å². The molecule has 4 atom stereocenters. The number of hydrogen-bond acceptors (Lipinski definition) is 7. The quantitative estimate of drug-likeness (QED) is 0.126. The summed E-state index contributed by atoms with van der Waals surface area (Å²) in [6.07, 6.45) is 0.833. The monoisotopic (exact) mass is 569 g/mol. The predicted molar refractivity (Wildman–Crippen MR) is 150 cm³/mol. The van der Waals surface area contributed by atoms with Crippen LogP contribution in [-0.2, 0) is 36.8 Å². The molecule has 12 nitrogen and oxygen atoms in total. The maximum atomic E-state index is 13.5. The van der Waals surface area contributed by atoms with Gasteiger partial charge in [-0.1, -0.05) is 48.5 Å². The summed E-state index contributed by atoms with van der Waals surface area (Å²) in [5.74, 6) is -5.15. The smallest absolute Gasteiger partial charge is 0.326 e. The molecule has 0 radical (unpaired) electrons. The molecule has 3 amide bonds. The van der Waals surface area contributed by atoms with Crippen LogP contribution in [-0.4, -0.2) is 74.8 Å². The highest BCUT2D eigenvalue weighted by Gasteiger charge is 2.31. The number of aliphatic carboxylic acids is 2. The normalized spacial score (nSPS) is 13.9. The lowest BCUT2D eigenvalue weighted by atomic mass is 10.0. The van der Waals surface area contributed by atoms with Crippen LogP contribution in [0.4, 0.5) is 0 Å². The predicted octanol–water partition coefficient (Wildman–Crippen LogP) is 0.224. The molecule has 3 aromatic rings. The van der Waals surface area contributed by atoms with E-state index in [4.69, 9.17) is 10.8 Å². The lowest BCUT2D eigenvalue weighted by Crippen LogP contribution is -2.58. The third-order valence-electron chi connectivity index (χ3n) is 6.17. The summed E-state index contributed by atoms with van der Waals surface area (Å²) < 4.78 is 0. The topological polar surface area (TPSA) is 204 Å². The highest BCUT2D eigenvalue weighted by Crippen LogP contribution is 2.19. The summed E-state index contributed by atoms with van der Waals surface area (Å²) in [5.41, 5.74) is 7.95. The number of carboxylic acids is 2. The summed E-state index contributed by atoms with van der Waals surface area (Å²) in [5, 5.41) is 26.7. The molecule has 0 saturated carbocycles. The fourth-order valence-corrected chi connectivity index (χ4v) is 4.24. The first-order chi connectivity index (χ1) is 19.1. The van der Waals surface area contributed by atoms with Crippen molar-refractivity contribution in [2.24, 2.45) is 5.73 Å². The lowest BCUT2D eigenvalue weighted by Gasteiger charge is -2.25. The molecule has 1 heterocycles. The molecule has 0 aliphatic carbocycles. The lowest BCUT2D eigenvalue weighted by molar-refractivity contribution is -0.147. The fourth-order valence-electron chi connectivity index (χ4n) is 4.07. The number of fused-ring (bicyclic) bond motifs is 1. The van der Waals surface area contributed by atoms with Gasteiger partial charge in [-0.25, -0.2) is 4.79 Å². The average Bonchev–Trinajstić information content (AvgIpc) is 3.34. The summed E-state index contributed by atoms with van der Waals surface area (Å²) in [6, 6.07) is 11.0. The molecule has 212 valence electrons. The zero-order chi connectivity index (χ0) is 29.2. The second-order valence-corrected chi connectivity index (χ2v) is 9.53. The van der Waals surface area contributed by atoms with Crippen LogP contribution in [0.15, 0.2) is 60.8 Å². The molecule has 0 spiro atoms. The van der Waals surface area contributed by atoms with Gasteiger partial charge in [-0.3, -0.25) is 19.2 Å². The number of rotatable bonds is 14. The van der Waals surface area contributed by atoms with Crippen molar-refractivity contribution in [1.82, 2.24) is 20.9 Å². The Kier molecular flexibility index (Phi) is 10.7. The molecule has 0 aliphatic rings. The molecule has 2 aromatic carbocycles. The number of para-hydroxylation sites is 1. The van der Waals surface area contributed by atoms with Crippen LogP contribution in [0, 0.1) is 0 Å². The first-order valence-corrected chi connectivity index (χ1v) is 13.0. The van der Waals surface area contributed by atoms with Crippen molar-refractivity contribution in [2.75, 3.05) is 5.75 Å². The highest BCUT2D eigenvalue weighted by molar-refractivity contribution is 7.80. The van der Waals surface area contributed by atoms with Gasteiger partial charge >= 0.3 is 11.9 Å². The standard InChI is InChI=1S/C27H31N5O7S/c28-18(14-40)24(35)30-20(10-15-6-2-1-3-7-15)25(36)31-21(26(37)32-22(27(38)39)12-23(33)34)11-16-13-29-19-9-5-4-8-17(16)19/h1-9,13,18,20-22,29,40H,10-12,14,28H2,(H,30,35)(H,31,36)(H,32,37)(H,33,34)(H,38,39). The maximum absolute atomic E-state index is 13.5. The Hall–Kier alpha value is -4.36. The molecule has 0 fully saturated rings. The van der Waals surface area contributed by atoms with Gasteiger partial charge in [-0.2, -0.15) is 12.6 Å². The number of carbonyl (C=O) groups is 5. The molecule has 40 heavy (non-hydrogen) atoms. The van der Waals surface area contributed by atoms with Crippen molar-refractivity contribution in [2.45, 2.75) is 43.4 Å². The van der Waals surface area contributed by atoms with Crippen molar-refractivity contribution in [3.05, 3.63) is 71.9 Å². The summed E-state index contributed by atoms with van der Waals surface area (Å²) in [7, 11) is 0. The fraction of sp³-hybridized carbons (Fsp3) is 0.296. The minimum absolute atomic E-state index is 0.0389. The van der Waals surface area contributed by atoms with E-state index in [1.165, 1.54) is 0 Å². The van der Waals surface area contributed by atoms with Gasteiger partial charge in [0.1, 0.15) is 18.1 Å². The number of carbonyl (C=O) groups excluding carboxylic acids is 3. The first kappa shape index (κ1) is 30.2. The molecular weight excluding hydrogens is 538 g/mol. The minimum Gasteiger partial charge on any atom is -0.481 e. The zero-order valence-electron chi connectivity index (χ0n) is 21.4. The van der Waals surface area contributed by atoms with Crippen LogP contribution >= 0.6 is 12.6 Å². The number of H-pyrrole nitrogens is 1. The van der Waals surface area contributed by atoms with E-state index in [0.717, 1.165) is 16.5 Å². The van der Waals surface area contributed by atoms with Gasteiger partial charge in [-0.05, 0) is 17.2 Å². The molecule has 0 aliphatic heterocycles. The van der Waals surface area contributed by atoms with Crippen molar-refractivity contribution in [3.8, 4) is 0 Å². The molecular formula is C27H31N5O7S. The van der Waals surface area contributed by atoms with Crippen molar-refractivity contribution >= 4 is 53.2 Å². The molecule has 1 aromatic heterocycles. The zero-order valence-corrected chi connectivity index (χ0v) is 22.3. The van der Waals surface area contributed by atoms with Crippen molar-refractivity contribution in [3.63, 3.8) is 0 Å². The van der Waals surface area contributed by atoms with E-state index < -0.39 is 60.2 Å². The third kappa shape index (κ3) is 8.32. The molecule has 13 heteroatoms. The second-order valence-electron chi connectivity index (χ2n) is 9.16. The number of nitrogens with one attached hydrogen (secondary N) is 4. The van der Waals surface area contributed by atoms with E-state index >= 15 is 0 Å². The summed E-state index contributed by atoms with van der Waals surface area (Å²) >= 11 is 4.03. The minimum atomic E-state index is -1.72. The maximum Gasteiger partial charge on any atom is 0.326 e. The Balaban J connectivity index is 1.90. The number of aromatic nitrogens is 1. The van der Waals surface area contributed by atoms with Gasteiger partial charge in [0.25, 0.3) is 0 Å². The highest BCUT2D eigenvalue weighted by atomic mass is 32.1. The number of nitrogens with two attached hydrogens (primary N) is 1. The third-order valence-corrected chi connectivity index (χ3v) is 6.57. The van der Waals surface area contributed by atoms with E-state index in [1.807, 2.05) is 18.2 Å². The molecule has 3 rings (SSSR count).